The van der Waals surface area contributed by atoms with Gasteiger partial charge < -0.3 is 13.9 Å². The molecule has 8 nitrogen and oxygen atoms in total. The number of hydrogen-bond donors (Lipinski definition) is 0. The van der Waals surface area contributed by atoms with Gasteiger partial charge in [0.15, 0.2) is 0 Å². The number of hydrogen-bond acceptors (Lipinski definition) is 7. The third-order valence-electron chi connectivity index (χ3n) is 5.30. The van der Waals surface area contributed by atoms with E-state index in [9.17, 15) is 18.0 Å². The Morgan fingerprint density at radius 2 is 1.94 bits per heavy atom. The molecule has 1 fully saturated rings. The number of carbonyl (C=O) groups excluding carboxylic acids is 1. The summed E-state index contributed by atoms with van der Waals surface area (Å²) in [6.07, 6.45) is 0.880. The zero-order chi connectivity index (χ0) is 22.9. The zero-order valence-corrected chi connectivity index (χ0v) is 18.7. The van der Waals surface area contributed by atoms with Gasteiger partial charge in [0.25, 0.3) is 0 Å². The predicted octanol–water partition coefficient (Wildman–Crippen LogP) is 3.35. The molecule has 0 amide bonds. The summed E-state index contributed by atoms with van der Waals surface area (Å²) in [6.45, 7) is 0.0149. The average Bonchev–Trinajstić information content (AvgIpc) is 3.28. The van der Waals surface area contributed by atoms with E-state index in [0.717, 1.165) is 4.31 Å². The van der Waals surface area contributed by atoms with Crippen LogP contribution in [-0.2, 0) is 26.2 Å². The van der Waals surface area contributed by atoms with Gasteiger partial charge in [-0.1, -0.05) is 11.6 Å². The number of methoxy groups -OCH3 is 1. The fourth-order valence-corrected chi connectivity index (χ4v) is 5.48. The highest BCUT2D eigenvalue weighted by Crippen LogP contribution is 2.28. The fourth-order valence-electron chi connectivity index (χ4n) is 3.71. The Kier molecular flexibility index (Phi) is 6.23. The molecule has 1 aliphatic heterocycles. The van der Waals surface area contributed by atoms with E-state index in [4.69, 9.17) is 25.5 Å². The number of nitrogens with zero attached hydrogens (tertiary/aromatic N) is 1. The van der Waals surface area contributed by atoms with Crippen molar-refractivity contribution in [3.8, 4) is 5.75 Å². The van der Waals surface area contributed by atoms with Gasteiger partial charge in [0.2, 0.25) is 10.0 Å². The van der Waals surface area contributed by atoms with Crippen molar-refractivity contribution >= 4 is 38.6 Å². The average molecular weight is 478 g/mol. The SMILES string of the molecule is COc1ccc2c(COC(=O)[C@@H]3CCCN3S(=O)(=O)c3ccc(Cl)cc3)cc(=O)oc2c1. The van der Waals surface area contributed by atoms with Crippen LogP contribution in [0.25, 0.3) is 11.0 Å². The molecule has 3 aromatic rings. The number of halogens is 1. The molecule has 0 saturated carbocycles. The highest BCUT2D eigenvalue weighted by Gasteiger charge is 2.40. The number of carbonyl (C=O) groups is 1. The molecule has 0 unspecified atom stereocenters. The molecule has 1 saturated heterocycles. The van der Waals surface area contributed by atoms with E-state index >= 15 is 0 Å². The Morgan fingerprint density at radius 1 is 1.19 bits per heavy atom. The van der Waals surface area contributed by atoms with Gasteiger partial charge in [0.1, 0.15) is 24.0 Å². The number of rotatable bonds is 6. The van der Waals surface area contributed by atoms with Crippen LogP contribution in [0, 0.1) is 0 Å². The summed E-state index contributed by atoms with van der Waals surface area (Å²) in [5.41, 5.74) is 0.165. The van der Waals surface area contributed by atoms with E-state index in [2.05, 4.69) is 0 Å². The third-order valence-corrected chi connectivity index (χ3v) is 7.48. The van der Waals surface area contributed by atoms with Gasteiger partial charge >= 0.3 is 11.6 Å². The van der Waals surface area contributed by atoms with Gasteiger partial charge in [-0.05, 0) is 49.2 Å². The van der Waals surface area contributed by atoms with E-state index in [-0.39, 0.29) is 18.0 Å². The van der Waals surface area contributed by atoms with Gasteiger partial charge in [-0.25, -0.2) is 13.2 Å². The summed E-state index contributed by atoms with van der Waals surface area (Å²) in [4.78, 5) is 24.8. The zero-order valence-electron chi connectivity index (χ0n) is 17.1. The van der Waals surface area contributed by atoms with Crippen molar-refractivity contribution in [3.05, 3.63) is 69.5 Å². The van der Waals surface area contributed by atoms with E-state index < -0.39 is 27.7 Å². The van der Waals surface area contributed by atoms with Crippen LogP contribution in [0.5, 0.6) is 5.75 Å². The van der Waals surface area contributed by atoms with Crippen LogP contribution in [0.1, 0.15) is 18.4 Å². The number of sulfonamides is 1. The summed E-state index contributed by atoms with van der Waals surface area (Å²) >= 11 is 5.85. The molecule has 0 bridgehead atoms. The lowest BCUT2D eigenvalue weighted by atomic mass is 10.1. The smallest absolute Gasteiger partial charge is 0.336 e. The second-order valence-corrected chi connectivity index (χ2v) is 9.62. The highest BCUT2D eigenvalue weighted by atomic mass is 35.5. The van der Waals surface area contributed by atoms with Crippen molar-refractivity contribution in [1.82, 2.24) is 4.31 Å². The quantitative estimate of drug-likeness (QED) is 0.396. The second kappa shape index (κ2) is 8.93. The first-order valence-corrected chi connectivity index (χ1v) is 11.7. The standard InChI is InChI=1S/C22H20ClNO7S/c1-29-16-6-9-18-14(11-21(25)31-20(18)12-16)13-30-22(26)19-3-2-10-24(19)32(27,28)17-7-4-15(23)5-8-17/h4-9,11-12,19H,2-3,10,13H2,1H3/t19-/m0/s1. The Labute approximate surface area is 189 Å². The maximum absolute atomic E-state index is 13.0. The van der Waals surface area contributed by atoms with Crippen molar-refractivity contribution in [3.63, 3.8) is 0 Å². The fraction of sp³-hybridized carbons (Fsp3) is 0.273. The first kappa shape index (κ1) is 22.3. The van der Waals surface area contributed by atoms with Crippen molar-refractivity contribution in [1.29, 1.82) is 0 Å². The lowest BCUT2D eigenvalue weighted by molar-refractivity contribution is -0.148. The van der Waals surface area contributed by atoms with Crippen LogP contribution in [0.2, 0.25) is 5.02 Å². The number of fused-ring (bicyclic) bond motifs is 1. The van der Waals surface area contributed by atoms with Gasteiger partial charge in [-0.2, -0.15) is 4.31 Å². The monoisotopic (exact) mass is 477 g/mol. The molecular weight excluding hydrogens is 458 g/mol. The van der Waals surface area contributed by atoms with Crippen molar-refractivity contribution in [2.75, 3.05) is 13.7 Å². The maximum Gasteiger partial charge on any atom is 0.336 e. The summed E-state index contributed by atoms with van der Waals surface area (Å²) in [5, 5.41) is 1.01. The predicted molar refractivity (Wildman–Crippen MR) is 117 cm³/mol. The summed E-state index contributed by atoms with van der Waals surface area (Å²) in [5.74, 6) is -0.154. The highest BCUT2D eigenvalue weighted by molar-refractivity contribution is 7.89. The largest absolute Gasteiger partial charge is 0.497 e. The molecule has 0 radical (unpaired) electrons. The topological polar surface area (TPSA) is 103 Å². The van der Waals surface area contributed by atoms with E-state index in [1.54, 1.807) is 18.2 Å². The van der Waals surface area contributed by atoms with Crippen LogP contribution in [-0.4, -0.2) is 38.4 Å². The van der Waals surface area contributed by atoms with Gasteiger partial charge in [0, 0.05) is 34.6 Å². The van der Waals surface area contributed by atoms with E-state index in [1.807, 2.05) is 0 Å². The lowest BCUT2D eigenvalue weighted by Crippen LogP contribution is -2.41. The Bertz CT molecular complexity index is 1320. The maximum atomic E-state index is 13.0. The first-order chi connectivity index (χ1) is 15.3. The lowest BCUT2D eigenvalue weighted by Gasteiger charge is -2.23. The molecule has 32 heavy (non-hydrogen) atoms. The number of benzene rings is 2. The third kappa shape index (κ3) is 4.36. The number of esters is 1. The van der Waals surface area contributed by atoms with Crippen molar-refractivity contribution in [2.45, 2.75) is 30.4 Å². The van der Waals surface area contributed by atoms with Crippen LogP contribution in [0.3, 0.4) is 0 Å². The minimum Gasteiger partial charge on any atom is -0.497 e. The van der Waals surface area contributed by atoms with Gasteiger partial charge in [-0.15, -0.1) is 0 Å². The summed E-state index contributed by atoms with van der Waals surface area (Å²) in [6, 6.07) is 11.1. The molecule has 168 valence electrons. The number of ether oxygens (including phenoxy) is 2. The van der Waals surface area contributed by atoms with E-state index in [1.165, 1.54) is 37.4 Å². The van der Waals surface area contributed by atoms with Gasteiger partial charge in [-0.3, -0.25) is 4.79 Å². The molecule has 2 heterocycles. The van der Waals surface area contributed by atoms with Crippen LogP contribution >= 0.6 is 11.6 Å². The molecule has 1 atom stereocenters. The second-order valence-electron chi connectivity index (χ2n) is 7.29. The van der Waals surface area contributed by atoms with Crippen LogP contribution in [0.4, 0.5) is 0 Å². The summed E-state index contributed by atoms with van der Waals surface area (Å²) < 4.78 is 43.0. The molecule has 0 N–H and O–H groups in total. The van der Waals surface area contributed by atoms with Crippen molar-refractivity contribution < 1.29 is 27.1 Å². The normalized spacial score (nSPS) is 16.9. The molecule has 10 heteroatoms. The Balaban J connectivity index is 1.54. The first-order valence-electron chi connectivity index (χ1n) is 9.84. The molecule has 4 rings (SSSR count). The molecule has 1 aromatic heterocycles. The minimum atomic E-state index is -3.89. The molecule has 1 aliphatic rings. The van der Waals surface area contributed by atoms with E-state index in [0.29, 0.717) is 40.1 Å². The minimum absolute atomic E-state index is 0.0576. The van der Waals surface area contributed by atoms with Crippen LogP contribution in [0.15, 0.2) is 62.6 Å². The Hall–Kier alpha value is -2.88. The van der Waals surface area contributed by atoms with Gasteiger partial charge in [0.05, 0.1) is 12.0 Å². The summed E-state index contributed by atoms with van der Waals surface area (Å²) in [7, 11) is -2.39. The molecule has 0 aliphatic carbocycles. The molecule has 2 aromatic carbocycles. The van der Waals surface area contributed by atoms with Crippen molar-refractivity contribution in [2.24, 2.45) is 0 Å². The molecule has 0 spiro atoms. The molecular formula is C22H20ClNO7S. The Morgan fingerprint density at radius 3 is 2.66 bits per heavy atom. The van der Waals surface area contributed by atoms with Crippen LogP contribution < -0.4 is 10.4 Å².